The van der Waals surface area contributed by atoms with Crippen LogP contribution in [0.5, 0.6) is 0 Å². The molecule has 3 nitrogen and oxygen atoms in total. The number of aliphatic hydroxyl groups is 1. The Morgan fingerprint density at radius 2 is 1.59 bits per heavy atom. The Morgan fingerprint density at radius 3 is 2.41 bits per heavy atom. The standard InChI is InChI=1S/C14H25NO2/c16-13-7-3-1-5-11(13)15-9-10-17-14-8-4-2-6-12(14)15/h11-14,16H,1-10H2/t11-,12?,13-,14?/m1/s1. The SMILES string of the molecule is O[C@@H]1CCCC[C@H]1N1CCOC2CCCCC21. The molecule has 4 atom stereocenters. The Hall–Kier alpha value is -0.120. The van der Waals surface area contributed by atoms with E-state index >= 15 is 0 Å². The topological polar surface area (TPSA) is 32.7 Å². The zero-order valence-electron chi connectivity index (χ0n) is 10.7. The summed E-state index contributed by atoms with van der Waals surface area (Å²) < 4.78 is 5.91. The van der Waals surface area contributed by atoms with Crippen LogP contribution in [0.3, 0.4) is 0 Å². The molecular weight excluding hydrogens is 214 g/mol. The zero-order chi connectivity index (χ0) is 11.7. The van der Waals surface area contributed by atoms with Gasteiger partial charge in [0.1, 0.15) is 0 Å². The lowest BCUT2D eigenvalue weighted by Gasteiger charge is -2.49. The number of rotatable bonds is 1. The molecule has 2 unspecified atom stereocenters. The minimum Gasteiger partial charge on any atom is -0.391 e. The van der Waals surface area contributed by atoms with Gasteiger partial charge in [-0.15, -0.1) is 0 Å². The zero-order valence-corrected chi connectivity index (χ0v) is 10.7. The van der Waals surface area contributed by atoms with Crippen molar-refractivity contribution >= 4 is 0 Å². The summed E-state index contributed by atoms with van der Waals surface area (Å²) in [6.07, 6.45) is 10.2. The average molecular weight is 239 g/mol. The summed E-state index contributed by atoms with van der Waals surface area (Å²) >= 11 is 0. The maximum Gasteiger partial charge on any atom is 0.0731 e. The van der Waals surface area contributed by atoms with Crippen molar-refractivity contribution in [3.63, 3.8) is 0 Å². The molecule has 17 heavy (non-hydrogen) atoms. The van der Waals surface area contributed by atoms with Crippen molar-refractivity contribution in [2.24, 2.45) is 0 Å². The average Bonchev–Trinajstić information content (AvgIpc) is 2.39. The highest BCUT2D eigenvalue weighted by atomic mass is 16.5. The van der Waals surface area contributed by atoms with Crippen LogP contribution >= 0.6 is 0 Å². The lowest BCUT2D eigenvalue weighted by atomic mass is 9.85. The summed E-state index contributed by atoms with van der Waals surface area (Å²) in [6.45, 7) is 1.90. The van der Waals surface area contributed by atoms with Gasteiger partial charge in [-0.2, -0.15) is 0 Å². The van der Waals surface area contributed by atoms with Crippen molar-refractivity contribution in [2.75, 3.05) is 13.2 Å². The molecular formula is C14H25NO2. The number of ether oxygens (including phenoxy) is 1. The number of hydrogen-bond donors (Lipinski definition) is 1. The van der Waals surface area contributed by atoms with Crippen LogP contribution in [-0.2, 0) is 4.74 Å². The van der Waals surface area contributed by atoms with E-state index in [0.717, 1.165) is 19.6 Å². The maximum atomic E-state index is 10.2. The predicted octanol–water partition coefficient (Wildman–Crippen LogP) is 1.93. The van der Waals surface area contributed by atoms with Gasteiger partial charge in [0.15, 0.2) is 0 Å². The molecule has 2 saturated carbocycles. The van der Waals surface area contributed by atoms with E-state index in [1.165, 1.54) is 44.9 Å². The summed E-state index contributed by atoms with van der Waals surface area (Å²) in [5.74, 6) is 0. The Labute approximate surface area is 104 Å². The summed E-state index contributed by atoms with van der Waals surface area (Å²) in [5.41, 5.74) is 0. The maximum absolute atomic E-state index is 10.2. The van der Waals surface area contributed by atoms with Gasteiger partial charge < -0.3 is 9.84 Å². The lowest BCUT2D eigenvalue weighted by Crippen LogP contribution is -2.59. The normalized spacial score (nSPS) is 44.3. The van der Waals surface area contributed by atoms with E-state index in [4.69, 9.17) is 4.74 Å². The number of hydrogen-bond acceptors (Lipinski definition) is 3. The van der Waals surface area contributed by atoms with Gasteiger partial charge in [0.05, 0.1) is 18.8 Å². The van der Waals surface area contributed by atoms with E-state index in [2.05, 4.69) is 4.90 Å². The fourth-order valence-corrected chi connectivity index (χ4v) is 4.02. The van der Waals surface area contributed by atoms with Gasteiger partial charge in [-0.05, 0) is 25.7 Å². The fourth-order valence-electron chi connectivity index (χ4n) is 4.02. The monoisotopic (exact) mass is 239 g/mol. The van der Waals surface area contributed by atoms with Crippen LogP contribution in [0.25, 0.3) is 0 Å². The van der Waals surface area contributed by atoms with Crippen LogP contribution in [0.4, 0.5) is 0 Å². The Kier molecular flexibility index (Phi) is 3.69. The molecule has 0 aromatic rings. The van der Waals surface area contributed by atoms with Gasteiger partial charge in [-0.25, -0.2) is 0 Å². The minimum absolute atomic E-state index is 0.0931. The van der Waals surface area contributed by atoms with Crippen LogP contribution in [0.15, 0.2) is 0 Å². The highest BCUT2D eigenvalue weighted by Crippen LogP contribution is 2.33. The molecule has 1 saturated heterocycles. The molecule has 98 valence electrons. The third kappa shape index (κ3) is 2.38. The summed E-state index contributed by atoms with van der Waals surface area (Å²) in [7, 11) is 0. The highest BCUT2D eigenvalue weighted by molar-refractivity contribution is 4.93. The van der Waals surface area contributed by atoms with Crippen molar-refractivity contribution in [1.29, 1.82) is 0 Å². The van der Waals surface area contributed by atoms with Gasteiger partial charge in [0.2, 0.25) is 0 Å². The number of morpholine rings is 1. The number of aliphatic hydroxyl groups excluding tert-OH is 1. The van der Waals surface area contributed by atoms with Gasteiger partial charge in [0, 0.05) is 18.6 Å². The molecule has 3 rings (SSSR count). The first kappa shape index (κ1) is 11.9. The summed E-state index contributed by atoms with van der Waals surface area (Å²) in [6, 6.07) is 1.01. The molecule has 3 heteroatoms. The molecule has 0 aromatic carbocycles. The van der Waals surface area contributed by atoms with Crippen molar-refractivity contribution in [1.82, 2.24) is 4.90 Å². The van der Waals surface area contributed by atoms with Crippen LogP contribution < -0.4 is 0 Å². The van der Waals surface area contributed by atoms with E-state index in [0.29, 0.717) is 18.2 Å². The molecule has 1 aliphatic heterocycles. The first-order valence-electron chi connectivity index (χ1n) is 7.41. The molecule has 0 amide bonds. The smallest absolute Gasteiger partial charge is 0.0731 e. The van der Waals surface area contributed by atoms with E-state index in [9.17, 15) is 5.11 Å². The van der Waals surface area contributed by atoms with Crippen molar-refractivity contribution in [2.45, 2.75) is 75.7 Å². The van der Waals surface area contributed by atoms with Crippen molar-refractivity contribution < 1.29 is 9.84 Å². The largest absolute Gasteiger partial charge is 0.391 e. The molecule has 0 bridgehead atoms. The summed E-state index contributed by atoms with van der Waals surface area (Å²) in [5, 5.41) is 10.2. The van der Waals surface area contributed by atoms with Gasteiger partial charge in [0.25, 0.3) is 0 Å². The molecule has 3 fully saturated rings. The molecule has 0 radical (unpaired) electrons. The molecule has 2 aliphatic carbocycles. The second kappa shape index (κ2) is 5.25. The first-order valence-corrected chi connectivity index (χ1v) is 7.41. The third-order valence-corrected chi connectivity index (χ3v) is 4.90. The van der Waals surface area contributed by atoms with Crippen LogP contribution in [0.1, 0.15) is 51.4 Å². The lowest BCUT2D eigenvalue weighted by molar-refractivity contribution is -0.124. The van der Waals surface area contributed by atoms with E-state index in [1.807, 2.05) is 0 Å². The molecule has 1 heterocycles. The van der Waals surface area contributed by atoms with Crippen molar-refractivity contribution in [3.05, 3.63) is 0 Å². The van der Waals surface area contributed by atoms with Crippen molar-refractivity contribution in [3.8, 4) is 0 Å². The second-order valence-corrected chi connectivity index (χ2v) is 5.92. The second-order valence-electron chi connectivity index (χ2n) is 5.92. The van der Waals surface area contributed by atoms with Gasteiger partial charge in [-0.3, -0.25) is 4.90 Å². The molecule has 0 aromatic heterocycles. The third-order valence-electron chi connectivity index (χ3n) is 4.90. The fraction of sp³-hybridized carbons (Fsp3) is 1.00. The first-order chi connectivity index (χ1) is 8.36. The van der Waals surface area contributed by atoms with E-state index < -0.39 is 0 Å². The summed E-state index contributed by atoms with van der Waals surface area (Å²) in [4.78, 5) is 2.59. The van der Waals surface area contributed by atoms with E-state index in [1.54, 1.807) is 0 Å². The minimum atomic E-state index is -0.0931. The molecule has 3 aliphatic rings. The van der Waals surface area contributed by atoms with Gasteiger partial charge in [-0.1, -0.05) is 25.7 Å². The van der Waals surface area contributed by atoms with Crippen LogP contribution in [0.2, 0.25) is 0 Å². The number of fused-ring (bicyclic) bond motifs is 1. The van der Waals surface area contributed by atoms with Crippen LogP contribution in [0, 0.1) is 0 Å². The predicted molar refractivity (Wildman–Crippen MR) is 67.0 cm³/mol. The highest BCUT2D eigenvalue weighted by Gasteiger charge is 2.40. The number of nitrogens with zero attached hydrogens (tertiary/aromatic N) is 1. The van der Waals surface area contributed by atoms with Crippen LogP contribution in [-0.4, -0.2) is 47.4 Å². The van der Waals surface area contributed by atoms with E-state index in [-0.39, 0.29) is 6.10 Å². The molecule has 0 spiro atoms. The Balaban J connectivity index is 1.71. The quantitative estimate of drug-likeness (QED) is 0.759. The Bertz CT molecular complexity index is 251. The Morgan fingerprint density at radius 1 is 0.882 bits per heavy atom. The molecule has 1 N–H and O–H groups in total. The van der Waals surface area contributed by atoms with Gasteiger partial charge >= 0.3 is 0 Å².